The minimum Gasteiger partial charge on any atom is -0.497 e. The quantitative estimate of drug-likeness (QED) is 0.507. The molecule has 1 N–H and O–H groups in total. The van der Waals surface area contributed by atoms with Crippen LogP contribution in [-0.2, 0) is 4.79 Å². The van der Waals surface area contributed by atoms with E-state index < -0.39 is 6.10 Å². The lowest BCUT2D eigenvalue weighted by molar-refractivity contribution is -0.121. The summed E-state index contributed by atoms with van der Waals surface area (Å²) in [4.78, 5) is 15.4. The largest absolute Gasteiger partial charge is 0.497 e. The van der Waals surface area contributed by atoms with Crippen LogP contribution in [0.4, 0.5) is 0 Å². The number of methoxy groups -OCH3 is 1. The topological polar surface area (TPSA) is 77.5 Å². The van der Waals surface area contributed by atoms with E-state index in [1.54, 1.807) is 7.11 Å². The first-order valence-electron chi connectivity index (χ1n) is 12.6. The highest BCUT2D eigenvalue weighted by Gasteiger charge is 2.33. The summed E-state index contributed by atoms with van der Waals surface area (Å²) in [5, 5.41) is 11.4. The molecule has 2 heterocycles. The number of nitrogens with zero attached hydrogens (tertiary/aromatic N) is 1. The number of aliphatic hydroxyl groups is 1. The Morgan fingerprint density at radius 1 is 1.03 bits per heavy atom. The second kappa shape index (κ2) is 11.8. The molecule has 0 aliphatic carbocycles. The molecule has 1 saturated heterocycles. The van der Waals surface area contributed by atoms with E-state index in [-0.39, 0.29) is 18.1 Å². The van der Waals surface area contributed by atoms with Crippen LogP contribution < -0.4 is 18.9 Å². The number of hydrogen-bond acceptors (Lipinski definition) is 7. The van der Waals surface area contributed by atoms with E-state index in [9.17, 15) is 9.90 Å². The summed E-state index contributed by atoms with van der Waals surface area (Å²) in [5.41, 5.74) is 0.751. The number of ketones is 1. The van der Waals surface area contributed by atoms with Crippen LogP contribution in [0.5, 0.6) is 23.0 Å². The van der Waals surface area contributed by atoms with Gasteiger partial charge in [-0.05, 0) is 68.7 Å². The molecule has 190 valence electrons. The zero-order chi connectivity index (χ0) is 24.8. The van der Waals surface area contributed by atoms with Gasteiger partial charge in [0.25, 0.3) is 0 Å². The summed E-state index contributed by atoms with van der Waals surface area (Å²) in [7, 11) is 1.62. The fraction of sp³-hybridized carbons (Fsp3) is 0.536. The molecule has 2 aliphatic heterocycles. The molecular formula is C28H37NO6. The van der Waals surface area contributed by atoms with E-state index in [4.69, 9.17) is 18.9 Å². The van der Waals surface area contributed by atoms with Crippen molar-refractivity contribution >= 4 is 5.78 Å². The Balaban J connectivity index is 1.41. The summed E-state index contributed by atoms with van der Waals surface area (Å²) >= 11 is 0. The van der Waals surface area contributed by atoms with Gasteiger partial charge in [-0.25, -0.2) is 0 Å². The van der Waals surface area contributed by atoms with Crippen LogP contribution in [0.3, 0.4) is 0 Å². The van der Waals surface area contributed by atoms with Gasteiger partial charge in [-0.3, -0.25) is 9.69 Å². The molecule has 35 heavy (non-hydrogen) atoms. The van der Waals surface area contributed by atoms with Gasteiger partial charge in [-0.1, -0.05) is 6.07 Å². The summed E-state index contributed by atoms with van der Waals surface area (Å²) in [6.07, 6.45) is 2.08. The number of Topliss-reactive ketones (excluding diaryl/α,β-unsaturated/α-hetero) is 1. The monoisotopic (exact) mass is 483 g/mol. The van der Waals surface area contributed by atoms with Gasteiger partial charge in [0.2, 0.25) is 0 Å². The SMILES string of the molecule is COc1ccc(OCCC(=O)CC(CN2[C@H](C)CC[C@H]2C)[C@H](O)c2ccc3c(c2)OCCO3)cc1. The Labute approximate surface area is 207 Å². The van der Waals surface area contributed by atoms with Crippen molar-refractivity contribution in [1.82, 2.24) is 4.90 Å². The Bertz CT molecular complexity index is 968. The zero-order valence-electron chi connectivity index (χ0n) is 20.9. The van der Waals surface area contributed by atoms with E-state index in [0.717, 1.165) is 24.2 Å². The van der Waals surface area contributed by atoms with E-state index in [2.05, 4.69) is 18.7 Å². The van der Waals surface area contributed by atoms with E-state index in [1.165, 1.54) is 0 Å². The number of likely N-dealkylation sites (tertiary alicyclic amines) is 1. The molecule has 0 bridgehead atoms. The molecule has 7 heteroatoms. The summed E-state index contributed by atoms with van der Waals surface area (Å²) in [6, 6.07) is 13.8. The van der Waals surface area contributed by atoms with Crippen molar-refractivity contribution in [3.8, 4) is 23.0 Å². The van der Waals surface area contributed by atoms with Crippen LogP contribution in [0, 0.1) is 5.92 Å². The first-order chi connectivity index (χ1) is 16.9. The fourth-order valence-corrected chi connectivity index (χ4v) is 5.02. The van der Waals surface area contributed by atoms with Gasteiger partial charge in [0, 0.05) is 37.4 Å². The smallest absolute Gasteiger partial charge is 0.161 e. The van der Waals surface area contributed by atoms with Crippen LogP contribution in [0.25, 0.3) is 0 Å². The first kappa shape index (κ1) is 25.3. The molecule has 4 rings (SSSR count). The maximum Gasteiger partial charge on any atom is 0.161 e. The van der Waals surface area contributed by atoms with E-state index in [1.807, 2.05) is 42.5 Å². The molecule has 1 unspecified atom stereocenters. The van der Waals surface area contributed by atoms with Gasteiger partial charge >= 0.3 is 0 Å². The predicted octanol–water partition coefficient (Wildman–Crippen LogP) is 4.42. The average molecular weight is 484 g/mol. The molecule has 0 radical (unpaired) electrons. The van der Waals surface area contributed by atoms with Crippen molar-refractivity contribution in [2.45, 2.75) is 57.7 Å². The van der Waals surface area contributed by atoms with Crippen molar-refractivity contribution in [3.63, 3.8) is 0 Å². The molecule has 0 spiro atoms. The number of rotatable bonds is 11. The highest BCUT2D eigenvalue weighted by molar-refractivity contribution is 5.78. The first-order valence-corrected chi connectivity index (χ1v) is 12.6. The molecule has 2 aromatic carbocycles. The van der Waals surface area contributed by atoms with Crippen LogP contribution in [0.2, 0.25) is 0 Å². The molecule has 4 atom stereocenters. The zero-order valence-corrected chi connectivity index (χ0v) is 20.9. The third-order valence-corrected chi connectivity index (χ3v) is 7.13. The van der Waals surface area contributed by atoms with Gasteiger partial charge < -0.3 is 24.1 Å². The Morgan fingerprint density at radius 3 is 2.37 bits per heavy atom. The number of aliphatic hydroxyl groups excluding tert-OH is 1. The van der Waals surface area contributed by atoms with Crippen molar-refractivity contribution in [3.05, 3.63) is 48.0 Å². The maximum absolute atomic E-state index is 13.0. The lowest BCUT2D eigenvalue weighted by atomic mass is 9.89. The van der Waals surface area contributed by atoms with Crippen LogP contribution in [0.15, 0.2) is 42.5 Å². The average Bonchev–Trinajstić information content (AvgIpc) is 3.20. The van der Waals surface area contributed by atoms with Crippen molar-refractivity contribution < 1.29 is 28.8 Å². The summed E-state index contributed by atoms with van der Waals surface area (Å²) in [5.74, 6) is 2.65. The number of benzene rings is 2. The van der Waals surface area contributed by atoms with Gasteiger partial charge in [-0.15, -0.1) is 0 Å². The molecular weight excluding hydrogens is 446 g/mol. The van der Waals surface area contributed by atoms with Crippen molar-refractivity contribution in [2.24, 2.45) is 5.92 Å². The van der Waals surface area contributed by atoms with Crippen molar-refractivity contribution in [1.29, 1.82) is 0 Å². The Kier molecular flexibility index (Phi) is 8.52. The van der Waals surface area contributed by atoms with Crippen molar-refractivity contribution in [2.75, 3.05) is 33.5 Å². The Morgan fingerprint density at radius 2 is 1.69 bits per heavy atom. The molecule has 0 aromatic heterocycles. The highest BCUT2D eigenvalue weighted by Crippen LogP contribution is 2.36. The highest BCUT2D eigenvalue weighted by atomic mass is 16.6. The molecule has 2 aromatic rings. The number of hydrogen-bond donors (Lipinski definition) is 1. The second-order valence-electron chi connectivity index (χ2n) is 9.60. The van der Waals surface area contributed by atoms with E-state index in [0.29, 0.717) is 62.1 Å². The standard InChI is InChI=1S/C28H37NO6/c1-19-4-5-20(2)29(19)18-22(28(31)21-6-11-26-27(17-21)35-15-14-34-26)16-23(30)12-13-33-25-9-7-24(32-3)8-10-25/h6-11,17,19-20,22,28,31H,4-5,12-16,18H2,1-3H3/t19-,20-,22?,28-/m1/s1. The number of ether oxygens (including phenoxy) is 4. The third kappa shape index (κ3) is 6.47. The minimum absolute atomic E-state index is 0.0830. The third-order valence-electron chi connectivity index (χ3n) is 7.13. The fourth-order valence-electron chi connectivity index (χ4n) is 5.02. The second-order valence-corrected chi connectivity index (χ2v) is 9.60. The van der Waals surface area contributed by atoms with Gasteiger partial charge in [0.05, 0.1) is 19.8 Å². The lowest BCUT2D eigenvalue weighted by Crippen LogP contribution is -2.39. The Hall–Kier alpha value is -2.77. The van der Waals surface area contributed by atoms with Crippen LogP contribution in [-0.4, -0.2) is 61.3 Å². The molecule has 2 aliphatic rings. The van der Waals surface area contributed by atoms with Gasteiger partial charge in [0.1, 0.15) is 30.5 Å². The lowest BCUT2D eigenvalue weighted by Gasteiger charge is -2.33. The van der Waals surface area contributed by atoms with E-state index >= 15 is 0 Å². The van der Waals surface area contributed by atoms with Crippen LogP contribution >= 0.6 is 0 Å². The summed E-state index contributed by atoms with van der Waals surface area (Å²) < 4.78 is 22.3. The maximum atomic E-state index is 13.0. The number of carbonyl (C=O) groups is 1. The molecule has 0 saturated carbocycles. The molecule has 1 fully saturated rings. The predicted molar refractivity (Wildman–Crippen MR) is 133 cm³/mol. The molecule has 7 nitrogen and oxygen atoms in total. The summed E-state index contributed by atoms with van der Waals surface area (Å²) in [6.45, 7) is 6.43. The molecule has 0 amide bonds. The minimum atomic E-state index is -0.780. The number of fused-ring (bicyclic) bond motifs is 1. The van der Waals surface area contributed by atoms with Crippen LogP contribution in [0.1, 0.15) is 51.2 Å². The van der Waals surface area contributed by atoms with Gasteiger partial charge in [0.15, 0.2) is 11.5 Å². The van der Waals surface area contributed by atoms with Gasteiger partial charge in [-0.2, -0.15) is 0 Å². The normalized spacial score (nSPS) is 21.4. The number of carbonyl (C=O) groups excluding carboxylic acids is 1.